The highest BCUT2D eigenvalue weighted by Gasteiger charge is 2.04. The highest BCUT2D eigenvalue weighted by atomic mass is 79.9. The van der Waals surface area contributed by atoms with Crippen molar-refractivity contribution in [1.29, 1.82) is 0 Å². The summed E-state index contributed by atoms with van der Waals surface area (Å²) < 4.78 is 2.48. The minimum Gasteiger partial charge on any atom is -0.296 e. The zero-order valence-corrected chi connectivity index (χ0v) is 7.65. The van der Waals surface area contributed by atoms with Gasteiger partial charge in [-0.05, 0) is 34.1 Å². The number of hydrogen-bond acceptors (Lipinski definition) is 2. The van der Waals surface area contributed by atoms with Crippen molar-refractivity contribution in [2.45, 2.75) is 0 Å². The van der Waals surface area contributed by atoms with Gasteiger partial charge in [-0.3, -0.25) is 4.79 Å². The van der Waals surface area contributed by atoms with Crippen LogP contribution in [0, 0.1) is 0 Å². The monoisotopic (exact) mass is 224 g/mol. The molecular weight excluding hydrogens is 220 g/mol. The fourth-order valence-corrected chi connectivity index (χ4v) is 1.64. The molecule has 0 aliphatic heterocycles. The Labute approximate surface area is 77.1 Å². The molecule has 0 aromatic carbocycles. The second-order valence-electron chi connectivity index (χ2n) is 2.36. The fraction of sp³-hybridized carbons (Fsp3) is 0. The highest BCUT2D eigenvalue weighted by Crippen LogP contribution is 2.19. The standard InChI is InChI=1S/C8H5BrN2O/c9-7-4-6(5-12)11-8(7)2-1-3-10-11/h1-5H. The number of carbonyl (C=O) groups is 1. The van der Waals surface area contributed by atoms with Gasteiger partial charge < -0.3 is 0 Å². The Morgan fingerprint density at radius 3 is 3.17 bits per heavy atom. The lowest BCUT2D eigenvalue weighted by atomic mass is 10.4. The summed E-state index contributed by atoms with van der Waals surface area (Å²) in [6, 6.07) is 5.47. The first kappa shape index (κ1) is 7.49. The van der Waals surface area contributed by atoms with E-state index in [9.17, 15) is 4.79 Å². The zero-order valence-electron chi connectivity index (χ0n) is 6.07. The van der Waals surface area contributed by atoms with Crippen molar-refractivity contribution in [2.75, 3.05) is 0 Å². The topological polar surface area (TPSA) is 34.4 Å². The molecule has 60 valence electrons. The molecule has 3 nitrogen and oxygen atoms in total. The van der Waals surface area contributed by atoms with Gasteiger partial charge in [0, 0.05) is 10.7 Å². The smallest absolute Gasteiger partial charge is 0.168 e. The number of fused-ring (bicyclic) bond motifs is 1. The molecule has 0 fully saturated rings. The van der Waals surface area contributed by atoms with E-state index in [1.165, 1.54) is 0 Å². The quantitative estimate of drug-likeness (QED) is 0.694. The van der Waals surface area contributed by atoms with Crippen molar-refractivity contribution in [2.24, 2.45) is 0 Å². The summed E-state index contributed by atoms with van der Waals surface area (Å²) in [4.78, 5) is 10.6. The van der Waals surface area contributed by atoms with Crippen LogP contribution in [0.2, 0.25) is 0 Å². The average Bonchev–Trinajstić information content (AvgIpc) is 2.44. The molecule has 0 amide bonds. The van der Waals surface area contributed by atoms with Gasteiger partial charge in [0.15, 0.2) is 6.29 Å². The minimum absolute atomic E-state index is 0.553. The number of aldehydes is 1. The first-order chi connectivity index (χ1) is 5.83. The highest BCUT2D eigenvalue weighted by molar-refractivity contribution is 9.10. The molecule has 0 aliphatic carbocycles. The summed E-state index contributed by atoms with van der Waals surface area (Å²) in [6.45, 7) is 0. The molecule has 0 saturated heterocycles. The van der Waals surface area contributed by atoms with Crippen molar-refractivity contribution in [3.05, 3.63) is 34.6 Å². The van der Waals surface area contributed by atoms with E-state index in [1.54, 1.807) is 16.8 Å². The van der Waals surface area contributed by atoms with E-state index in [-0.39, 0.29) is 0 Å². The van der Waals surface area contributed by atoms with E-state index < -0.39 is 0 Å². The molecule has 0 bridgehead atoms. The molecule has 0 radical (unpaired) electrons. The van der Waals surface area contributed by atoms with Crippen LogP contribution in [0.5, 0.6) is 0 Å². The van der Waals surface area contributed by atoms with Crippen LogP contribution in [0.3, 0.4) is 0 Å². The van der Waals surface area contributed by atoms with Gasteiger partial charge in [-0.15, -0.1) is 0 Å². The second-order valence-corrected chi connectivity index (χ2v) is 3.21. The maximum atomic E-state index is 10.6. The van der Waals surface area contributed by atoms with Gasteiger partial charge in [-0.2, -0.15) is 5.10 Å². The normalized spacial score (nSPS) is 10.4. The number of carbonyl (C=O) groups excluding carboxylic acids is 1. The van der Waals surface area contributed by atoms with Gasteiger partial charge in [0.2, 0.25) is 0 Å². The summed E-state index contributed by atoms with van der Waals surface area (Å²) in [7, 11) is 0. The Morgan fingerprint density at radius 2 is 2.42 bits per heavy atom. The molecule has 4 heteroatoms. The van der Waals surface area contributed by atoms with Gasteiger partial charge in [0.1, 0.15) is 5.69 Å². The second kappa shape index (κ2) is 2.71. The molecule has 2 aromatic heterocycles. The van der Waals surface area contributed by atoms with Crippen LogP contribution in [0.4, 0.5) is 0 Å². The lowest BCUT2D eigenvalue weighted by Crippen LogP contribution is -1.93. The molecule has 0 N–H and O–H groups in total. The van der Waals surface area contributed by atoms with Crippen molar-refractivity contribution < 1.29 is 4.79 Å². The third kappa shape index (κ3) is 0.956. The Bertz CT molecular complexity index is 436. The van der Waals surface area contributed by atoms with Crippen LogP contribution in [0.25, 0.3) is 5.52 Å². The number of nitrogens with zero attached hydrogens (tertiary/aromatic N) is 2. The van der Waals surface area contributed by atoms with Crippen LogP contribution < -0.4 is 0 Å². The van der Waals surface area contributed by atoms with Crippen molar-refractivity contribution in [3.8, 4) is 0 Å². The summed E-state index contributed by atoms with van der Waals surface area (Å²) in [5, 5.41) is 4.03. The largest absolute Gasteiger partial charge is 0.296 e. The summed E-state index contributed by atoms with van der Waals surface area (Å²) in [5.74, 6) is 0. The molecule has 0 atom stereocenters. The van der Waals surface area contributed by atoms with Crippen LogP contribution in [0.15, 0.2) is 28.9 Å². The first-order valence-corrected chi connectivity index (χ1v) is 4.19. The minimum atomic E-state index is 0.553. The average molecular weight is 225 g/mol. The van der Waals surface area contributed by atoms with E-state index in [2.05, 4.69) is 21.0 Å². The fourth-order valence-electron chi connectivity index (χ4n) is 1.11. The first-order valence-electron chi connectivity index (χ1n) is 3.40. The Morgan fingerprint density at radius 1 is 1.58 bits per heavy atom. The van der Waals surface area contributed by atoms with E-state index in [0.29, 0.717) is 5.69 Å². The molecule has 12 heavy (non-hydrogen) atoms. The van der Waals surface area contributed by atoms with Crippen molar-refractivity contribution in [3.63, 3.8) is 0 Å². The van der Waals surface area contributed by atoms with Crippen LogP contribution >= 0.6 is 15.9 Å². The molecular formula is C8H5BrN2O. The molecule has 0 aliphatic rings. The van der Waals surface area contributed by atoms with E-state index >= 15 is 0 Å². The molecule has 0 spiro atoms. The summed E-state index contributed by atoms with van der Waals surface area (Å²) in [6.07, 6.45) is 2.43. The van der Waals surface area contributed by atoms with Gasteiger partial charge >= 0.3 is 0 Å². The Hall–Kier alpha value is -1.16. The van der Waals surface area contributed by atoms with Crippen LogP contribution in [-0.2, 0) is 0 Å². The SMILES string of the molecule is O=Cc1cc(Br)c2cccnn12. The van der Waals surface area contributed by atoms with Crippen molar-refractivity contribution >= 4 is 27.7 Å². The van der Waals surface area contributed by atoms with E-state index in [4.69, 9.17) is 0 Å². The van der Waals surface area contributed by atoms with Gasteiger partial charge in [-0.25, -0.2) is 4.52 Å². The van der Waals surface area contributed by atoms with Crippen LogP contribution in [-0.4, -0.2) is 15.9 Å². The van der Waals surface area contributed by atoms with Gasteiger partial charge in [0.05, 0.1) is 5.52 Å². The number of aromatic nitrogens is 2. The maximum absolute atomic E-state index is 10.6. The van der Waals surface area contributed by atoms with Gasteiger partial charge in [0.25, 0.3) is 0 Å². The molecule has 2 heterocycles. The Balaban J connectivity index is 2.91. The van der Waals surface area contributed by atoms with E-state index in [0.717, 1.165) is 16.3 Å². The van der Waals surface area contributed by atoms with E-state index in [1.807, 2.05) is 12.1 Å². The number of hydrogen-bond donors (Lipinski definition) is 0. The predicted octanol–water partition coefficient (Wildman–Crippen LogP) is 1.91. The summed E-state index contributed by atoms with van der Waals surface area (Å²) >= 11 is 3.34. The maximum Gasteiger partial charge on any atom is 0.168 e. The predicted molar refractivity (Wildman–Crippen MR) is 48.3 cm³/mol. The third-order valence-electron chi connectivity index (χ3n) is 1.64. The number of rotatable bonds is 1. The molecule has 2 rings (SSSR count). The van der Waals surface area contributed by atoms with Gasteiger partial charge in [-0.1, -0.05) is 0 Å². The Kier molecular flexibility index (Phi) is 1.69. The summed E-state index contributed by atoms with van der Waals surface area (Å²) in [5.41, 5.74) is 1.46. The number of halogens is 1. The zero-order chi connectivity index (χ0) is 8.55. The lowest BCUT2D eigenvalue weighted by Gasteiger charge is -1.92. The third-order valence-corrected chi connectivity index (χ3v) is 2.27. The van der Waals surface area contributed by atoms with Crippen LogP contribution in [0.1, 0.15) is 10.5 Å². The molecule has 0 saturated carbocycles. The molecule has 2 aromatic rings. The van der Waals surface area contributed by atoms with Crippen molar-refractivity contribution in [1.82, 2.24) is 9.61 Å². The molecule has 0 unspecified atom stereocenters. The lowest BCUT2D eigenvalue weighted by molar-refractivity contribution is 0.111.